The summed E-state index contributed by atoms with van der Waals surface area (Å²) in [5, 5.41) is 0. The Morgan fingerprint density at radius 1 is 0.390 bits per heavy atom. The van der Waals surface area contributed by atoms with Crippen molar-refractivity contribution < 1.29 is 28.6 Å². The third-order valence-corrected chi connectivity index (χ3v) is 7.61. The molecule has 6 nitrogen and oxygen atoms in total. The molecule has 0 rings (SSSR count). The van der Waals surface area contributed by atoms with Gasteiger partial charge in [0.15, 0.2) is 6.10 Å². The molecular weight excluding hydrogens is 516 g/mol. The van der Waals surface area contributed by atoms with Gasteiger partial charge >= 0.3 is 17.9 Å². The van der Waals surface area contributed by atoms with E-state index in [0.29, 0.717) is 19.3 Å². The lowest BCUT2D eigenvalue weighted by Gasteiger charge is -2.18. The predicted molar refractivity (Wildman–Crippen MR) is 169 cm³/mol. The molecule has 0 aliphatic rings. The molecule has 0 radical (unpaired) electrons. The van der Waals surface area contributed by atoms with Crippen LogP contribution in [0.1, 0.15) is 188 Å². The second-order valence-corrected chi connectivity index (χ2v) is 11.8. The van der Waals surface area contributed by atoms with Crippen molar-refractivity contribution in [3.63, 3.8) is 0 Å². The highest BCUT2D eigenvalue weighted by Gasteiger charge is 2.19. The number of rotatable bonds is 31. The van der Waals surface area contributed by atoms with Crippen LogP contribution in [-0.4, -0.2) is 37.2 Å². The number of carbonyl (C=O) groups is 3. The fourth-order valence-electron chi connectivity index (χ4n) is 4.91. The van der Waals surface area contributed by atoms with Crippen LogP contribution < -0.4 is 0 Å². The van der Waals surface area contributed by atoms with E-state index in [2.05, 4.69) is 20.8 Å². The Hall–Kier alpha value is -1.59. The van der Waals surface area contributed by atoms with Crippen LogP contribution in [-0.2, 0) is 28.6 Å². The normalized spacial score (nSPS) is 11.8. The van der Waals surface area contributed by atoms with E-state index in [-0.39, 0.29) is 31.1 Å². The van der Waals surface area contributed by atoms with Crippen LogP contribution in [0.15, 0.2) is 0 Å². The molecule has 0 aromatic heterocycles. The van der Waals surface area contributed by atoms with E-state index in [1.54, 1.807) is 0 Å². The van der Waals surface area contributed by atoms with Gasteiger partial charge in [-0.25, -0.2) is 0 Å². The third-order valence-electron chi connectivity index (χ3n) is 7.61. The van der Waals surface area contributed by atoms with Crippen molar-refractivity contribution in [2.45, 2.75) is 194 Å². The lowest BCUT2D eigenvalue weighted by molar-refractivity contribution is -0.167. The molecule has 6 heteroatoms. The molecule has 0 aromatic carbocycles. The fraction of sp³-hybridized carbons (Fsp3) is 0.914. The molecule has 0 fully saturated rings. The van der Waals surface area contributed by atoms with Gasteiger partial charge in [-0.2, -0.15) is 0 Å². The zero-order chi connectivity index (χ0) is 30.2. The van der Waals surface area contributed by atoms with E-state index in [4.69, 9.17) is 14.2 Å². The standard InChI is InChI=1S/C35H66O6/c1-4-7-10-13-14-15-16-17-18-19-20-23-25-28-34(37)40-31-32(41-35(38)29-26-22-12-9-6-3)30-39-33(36)27-24-21-11-8-5-2/h32H,4-31H2,1-3H3/t32-/m0/s1. The Labute approximate surface area is 253 Å². The second kappa shape index (κ2) is 31.3. The highest BCUT2D eigenvalue weighted by atomic mass is 16.6. The molecule has 0 aliphatic carbocycles. The van der Waals surface area contributed by atoms with Crippen molar-refractivity contribution in [1.29, 1.82) is 0 Å². The molecule has 242 valence electrons. The van der Waals surface area contributed by atoms with Gasteiger partial charge in [-0.15, -0.1) is 0 Å². The Kier molecular flexibility index (Phi) is 30.1. The summed E-state index contributed by atoms with van der Waals surface area (Å²) >= 11 is 0. The van der Waals surface area contributed by atoms with Crippen LogP contribution >= 0.6 is 0 Å². The maximum absolute atomic E-state index is 12.4. The van der Waals surface area contributed by atoms with Crippen LogP contribution in [0, 0.1) is 0 Å². The van der Waals surface area contributed by atoms with Gasteiger partial charge in [0.2, 0.25) is 0 Å². The summed E-state index contributed by atoms with van der Waals surface area (Å²) in [7, 11) is 0. The van der Waals surface area contributed by atoms with Gasteiger partial charge in [0.1, 0.15) is 13.2 Å². The van der Waals surface area contributed by atoms with E-state index in [0.717, 1.165) is 70.6 Å². The van der Waals surface area contributed by atoms with Gasteiger partial charge in [0.05, 0.1) is 0 Å². The number of carbonyl (C=O) groups excluding carboxylic acids is 3. The summed E-state index contributed by atoms with van der Waals surface area (Å²) in [4.78, 5) is 36.8. The number of esters is 3. The summed E-state index contributed by atoms with van der Waals surface area (Å²) in [6.07, 6.45) is 27.1. The van der Waals surface area contributed by atoms with Gasteiger partial charge < -0.3 is 14.2 Å². The molecule has 41 heavy (non-hydrogen) atoms. The molecule has 0 unspecified atom stereocenters. The van der Waals surface area contributed by atoms with E-state index >= 15 is 0 Å². The Morgan fingerprint density at radius 2 is 0.659 bits per heavy atom. The molecule has 0 heterocycles. The van der Waals surface area contributed by atoms with Gasteiger partial charge in [-0.3, -0.25) is 14.4 Å². The van der Waals surface area contributed by atoms with Crippen molar-refractivity contribution in [1.82, 2.24) is 0 Å². The Bertz CT molecular complexity index is 605. The maximum Gasteiger partial charge on any atom is 0.306 e. The van der Waals surface area contributed by atoms with Crippen molar-refractivity contribution in [3.8, 4) is 0 Å². The van der Waals surface area contributed by atoms with Crippen LogP contribution in [0.25, 0.3) is 0 Å². The van der Waals surface area contributed by atoms with E-state index < -0.39 is 6.10 Å². The number of unbranched alkanes of at least 4 members (excludes halogenated alkanes) is 20. The number of hydrogen-bond acceptors (Lipinski definition) is 6. The average molecular weight is 583 g/mol. The Balaban J connectivity index is 4.16. The molecule has 0 N–H and O–H groups in total. The number of ether oxygens (including phenoxy) is 3. The molecule has 0 saturated carbocycles. The zero-order valence-corrected chi connectivity index (χ0v) is 27.3. The smallest absolute Gasteiger partial charge is 0.306 e. The van der Waals surface area contributed by atoms with Gasteiger partial charge in [0, 0.05) is 19.3 Å². The molecule has 0 spiro atoms. The summed E-state index contributed by atoms with van der Waals surface area (Å²) in [5.41, 5.74) is 0. The molecule has 1 atom stereocenters. The van der Waals surface area contributed by atoms with Crippen LogP contribution in [0.5, 0.6) is 0 Å². The van der Waals surface area contributed by atoms with Gasteiger partial charge in [-0.1, -0.05) is 149 Å². The minimum absolute atomic E-state index is 0.0668. The first-order valence-corrected chi connectivity index (χ1v) is 17.5. The van der Waals surface area contributed by atoms with Crippen LogP contribution in [0.2, 0.25) is 0 Å². The van der Waals surface area contributed by atoms with Gasteiger partial charge in [0.25, 0.3) is 0 Å². The minimum atomic E-state index is -0.752. The second-order valence-electron chi connectivity index (χ2n) is 11.8. The third kappa shape index (κ3) is 29.7. The van der Waals surface area contributed by atoms with Crippen molar-refractivity contribution in [2.75, 3.05) is 13.2 Å². The van der Waals surface area contributed by atoms with Crippen molar-refractivity contribution >= 4 is 17.9 Å². The van der Waals surface area contributed by atoms with Crippen molar-refractivity contribution in [3.05, 3.63) is 0 Å². The average Bonchev–Trinajstić information content (AvgIpc) is 2.96. The summed E-state index contributed by atoms with van der Waals surface area (Å²) in [6, 6.07) is 0. The summed E-state index contributed by atoms with van der Waals surface area (Å²) < 4.78 is 16.3. The fourth-order valence-corrected chi connectivity index (χ4v) is 4.91. The molecule has 0 saturated heterocycles. The lowest BCUT2D eigenvalue weighted by atomic mass is 10.0. The first-order valence-electron chi connectivity index (χ1n) is 17.5. The topological polar surface area (TPSA) is 78.9 Å². The van der Waals surface area contributed by atoms with E-state index in [1.807, 2.05) is 0 Å². The predicted octanol–water partition coefficient (Wildman–Crippen LogP) is 10.2. The van der Waals surface area contributed by atoms with Crippen LogP contribution in [0.4, 0.5) is 0 Å². The first kappa shape index (κ1) is 39.4. The quantitative estimate of drug-likeness (QED) is 0.0459. The zero-order valence-electron chi connectivity index (χ0n) is 27.3. The minimum Gasteiger partial charge on any atom is -0.462 e. The largest absolute Gasteiger partial charge is 0.462 e. The highest BCUT2D eigenvalue weighted by molar-refractivity contribution is 5.71. The highest BCUT2D eigenvalue weighted by Crippen LogP contribution is 2.14. The van der Waals surface area contributed by atoms with E-state index in [1.165, 1.54) is 77.0 Å². The first-order chi connectivity index (χ1) is 20.0. The molecule has 0 amide bonds. The summed E-state index contributed by atoms with van der Waals surface area (Å²) in [5.74, 6) is -0.897. The number of hydrogen-bond donors (Lipinski definition) is 0. The molecule has 0 aromatic rings. The monoisotopic (exact) mass is 582 g/mol. The van der Waals surface area contributed by atoms with E-state index in [9.17, 15) is 14.4 Å². The lowest BCUT2D eigenvalue weighted by Crippen LogP contribution is -2.30. The maximum atomic E-state index is 12.4. The molecule has 0 aliphatic heterocycles. The SMILES string of the molecule is CCCCCCCCCCCCCCCC(=O)OC[C@H](COC(=O)CCCCCCC)OC(=O)CCCCCCC. The van der Waals surface area contributed by atoms with Gasteiger partial charge in [-0.05, 0) is 19.3 Å². The van der Waals surface area contributed by atoms with Crippen LogP contribution in [0.3, 0.4) is 0 Å². The van der Waals surface area contributed by atoms with Crippen molar-refractivity contribution in [2.24, 2.45) is 0 Å². The molecular formula is C35H66O6. The summed E-state index contributed by atoms with van der Waals surface area (Å²) in [6.45, 7) is 6.44. The Morgan fingerprint density at radius 3 is 0.976 bits per heavy atom. The molecule has 0 bridgehead atoms.